The topological polar surface area (TPSA) is 110 Å². The summed E-state index contributed by atoms with van der Waals surface area (Å²) < 4.78 is 4.27. The van der Waals surface area contributed by atoms with Gasteiger partial charge in [0.05, 0.1) is 17.6 Å². The lowest BCUT2D eigenvalue weighted by atomic mass is 9.96. The van der Waals surface area contributed by atoms with Crippen molar-refractivity contribution >= 4 is 28.8 Å². The maximum absolute atomic E-state index is 12.7. The summed E-state index contributed by atoms with van der Waals surface area (Å²) in [4.78, 5) is 27.5. The molecule has 0 radical (unpaired) electrons. The fourth-order valence-electron chi connectivity index (χ4n) is 3.46. The van der Waals surface area contributed by atoms with Gasteiger partial charge in [0, 0.05) is 43.3 Å². The van der Waals surface area contributed by atoms with Crippen molar-refractivity contribution in [2.75, 3.05) is 23.3 Å². The lowest BCUT2D eigenvalue weighted by Gasteiger charge is -2.37. The summed E-state index contributed by atoms with van der Waals surface area (Å²) in [5, 5.41) is 3.22. The molecule has 1 fully saturated rings. The van der Waals surface area contributed by atoms with E-state index in [1.807, 2.05) is 18.2 Å². The first-order chi connectivity index (χ1) is 13.6. The van der Waals surface area contributed by atoms with Crippen LogP contribution in [0.1, 0.15) is 23.1 Å². The largest absolute Gasteiger partial charge is 0.368 e. The number of pyridine rings is 2. The van der Waals surface area contributed by atoms with E-state index >= 15 is 0 Å². The molecule has 1 amide bonds. The molecule has 9 heteroatoms. The van der Waals surface area contributed by atoms with Crippen LogP contribution < -0.4 is 16.0 Å². The summed E-state index contributed by atoms with van der Waals surface area (Å²) in [6, 6.07) is 5.69. The minimum atomic E-state index is -0.309. The average molecular weight is 395 g/mol. The van der Waals surface area contributed by atoms with E-state index in [0.29, 0.717) is 17.4 Å². The Hall–Kier alpha value is -2.91. The second-order valence-corrected chi connectivity index (χ2v) is 7.77. The molecule has 0 bridgehead atoms. The molecule has 8 nitrogen and oxygen atoms in total. The monoisotopic (exact) mass is 395 g/mol. The molecule has 2 atom stereocenters. The van der Waals surface area contributed by atoms with Crippen molar-refractivity contribution in [3.8, 4) is 11.4 Å². The van der Waals surface area contributed by atoms with Crippen molar-refractivity contribution in [1.29, 1.82) is 0 Å². The molecular formula is C19H21N7OS. The van der Waals surface area contributed by atoms with Crippen molar-refractivity contribution in [2.24, 2.45) is 11.7 Å². The molecule has 4 rings (SSSR count). The van der Waals surface area contributed by atoms with Gasteiger partial charge in [-0.05, 0) is 42.1 Å². The number of carbonyl (C=O) groups is 1. The first-order valence-corrected chi connectivity index (χ1v) is 9.87. The first kappa shape index (κ1) is 18.5. The van der Waals surface area contributed by atoms with Crippen molar-refractivity contribution in [3.63, 3.8) is 0 Å². The number of hydrogen-bond acceptors (Lipinski definition) is 8. The molecule has 3 aromatic heterocycles. The minimum absolute atomic E-state index is 0.116. The Labute approximate surface area is 167 Å². The highest BCUT2D eigenvalue weighted by molar-refractivity contribution is 7.08. The maximum Gasteiger partial charge on any atom is 0.286 e. The zero-order valence-electron chi connectivity index (χ0n) is 15.4. The molecule has 28 heavy (non-hydrogen) atoms. The molecule has 0 aliphatic carbocycles. The third-order valence-electron chi connectivity index (χ3n) is 4.62. The highest BCUT2D eigenvalue weighted by Gasteiger charge is 2.25. The molecule has 3 N–H and O–H groups in total. The molecular weight excluding hydrogens is 374 g/mol. The number of hydrogen-bond donors (Lipinski definition) is 2. The summed E-state index contributed by atoms with van der Waals surface area (Å²) in [5.41, 5.74) is 8.53. The fourth-order valence-corrected chi connectivity index (χ4v) is 4.04. The number of aromatic nitrogens is 4. The van der Waals surface area contributed by atoms with Crippen LogP contribution in [0.25, 0.3) is 11.4 Å². The fraction of sp³-hybridized carbons (Fsp3) is 0.316. The van der Waals surface area contributed by atoms with Crippen molar-refractivity contribution in [3.05, 3.63) is 48.0 Å². The van der Waals surface area contributed by atoms with E-state index in [4.69, 9.17) is 5.73 Å². The van der Waals surface area contributed by atoms with Crippen LogP contribution in [0.3, 0.4) is 0 Å². The van der Waals surface area contributed by atoms with Gasteiger partial charge >= 0.3 is 0 Å². The first-order valence-electron chi connectivity index (χ1n) is 9.10. The Bertz CT molecular complexity index is 952. The number of nitrogens with zero attached hydrogens (tertiary/aromatic N) is 5. The van der Waals surface area contributed by atoms with Crippen LogP contribution in [-0.4, -0.2) is 44.4 Å². The second-order valence-electron chi connectivity index (χ2n) is 7.02. The Morgan fingerprint density at radius 2 is 2.11 bits per heavy atom. The molecule has 0 saturated carbocycles. The van der Waals surface area contributed by atoms with Crippen LogP contribution in [0.2, 0.25) is 0 Å². The van der Waals surface area contributed by atoms with Crippen molar-refractivity contribution in [1.82, 2.24) is 19.3 Å². The summed E-state index contributed by atoms with van der Waals surface area (Å²) in [6.07, 6.45) is 7.73. The summed E-state index contributed by atoms with van der Waals surface area (Å²) >= 11 is 1.06. The van der Waals surface area contributed by atoms with E-state index < -0.39 is 0 Å². The highest BCUT2D eigenvalue weighted by Crippen LogP contribution is 2.29. The molecule has 144 valence electrons. The normalized spacial score (nSPS) is 19.4. The van der Waals surface area contributed by atoms with Gasteiger partial charge in [0.1, 0.15) is 0 Å². The van der Waals surface area contributed by atoms with Gasteiger partial charge in [-0.1, -0.05) is 6.92 Å². The zero-order chi connectivity index (χ0) is 19.5. The van der Waals surface area contributed by atoms with E-state index in [2.05, 4.69) is 36.5 Å². The van der Waals surface area contributed by atoms with Gasteiger partial charge in [0.2, 0.25) is 5.01 Å². The lowest BCUT2D eigenvalue weighted by Crippen LogP contribution is -2.46. The van der Waals surface area contributed by atoms with Crippen LogP contribution in [0.4, 0.5) is 11.4 Å². The third kappa shape index (κ3) is 4.00. The van der Waals surface area contributed by atoms with E-state index in [0.717, 1.165) is 42.3 Å². The Balaban J connectivity index is 1.53. The van der Waals surface area contributed by atoms with Gasteiger partial charge in [-0.25, -0.2) is 4.98 Å². The molecule has 1 aliphatic heterocycles. The predicted octanol–water partition coefficient (Wildman–Crippen LogP) is 2.42. The smallest absolute Gasteiger partial charge is 0.286 e. The average Bonchev–Trinajstić information content (AvgIpc) is 3.19. The number of nitrogens with two attached hydrogens (primary N) is 1. The quantitative estimate of drug-likeness (QED) is 0.698. The number of carbonyl (C=O) groups excluding carboxylic acids is 1. The maximum atomic E-state index is 12.7. The molecule has 0 spiro atoms. The Morgan fingerprint density at radius 1 is 1.25 bits per heavy atom. The van der Waals surface area contributed by atoms with Crippen LogP contribution in [0.5, 0.6) is 0 Å². The molecule has 1 aliphatic rings. The van der Waals surface area contributed by atoms with Gasteiger partial charge in [-0.3, -0.25) is 14.8 Å². The number of anilines is 2. The van der Waals surface area contributed by atoms with Crippen LogP contribution in [0.15, 0.2) is 43.0 Å². The van der Waals surface area contributed by atoms with E-state index in [1.165, 1.54) is 0 Å². The number of piperidine rings is 1. The second kappa shape index (κ2) is 7.99. The molecule has 1 saturated heterocycles. The third-order valence-corrected chi connectivity index (χ3v) is 5.33. The predicted molar refractivity (Wildman–Crippen MR) is 109 cm³/mol. The van der Waals surface area contributed by atoms with Gasteiger partial charge < -0.3 is 16.0 Å². The van der Waals surface area contributed by atoms with Crippen LogP contribution in [0, 0.1) is 5.92 Å². The lowest BCUT2D eigenvalue weighted by molar-refractivity contribution is 0.102. The Morgan fingerprint density at radius 3 is 2.89 bits per heavy atom. The van der Waals surface area contributed by atoms with Crippen LogP contribution in [-0.2, 0) is 0 Å². The van der Waals surface area contributed by atoms with E-state index in [-0.39, 0.29) is 17.0 Å². The van der Waals surface area contributed by atoms with Crippen molar-refractivity contribution < 1.29 is 4.79 Å². The van der Waals surface area contributed by atoms with Gasteiger partial charge in [-0.2, -0.15) is 4.37 Å². The highest BCUT2D eigenvalue weighted by atomic mass is 32.1. The SMILES string of the molecule is C[C@@H]1C[C@H](N)CN(c2ccncc2NC(=O)c2nc(-c3cccnc3)ns2)C1. The summed E-state index contributed by atoms with van der Waals surface area (Å²) in [6.45, 7) is 3.83. The molecule has 4 heterocycles. The van der Waals surface area contributed by atoms with Gasteiger partial charge in [-0.15, -0.1) is 0 Å². The summed E-state index contributed by atoms with van der Waals surface area (Å²) in [7, 11) is 0. The standard InChI is InChI=1S/C19H21N7OS/c1-12-7-14(20)11-26(10-12)16-4-6-22-9-15(16)23-18(27)19-24-17(25-28-19)13-3-2-5-21-8-13/h2-6,8-9,12,14H,7,10-11,20H2,1H3,(H,23,27)/t12-,14+/m1/s1. The summed E-state index contributed by atoms with van der Waals surface area (Å²) in [5.74, 6) is 0.674. The van der Waals surface area contributed by atoms with Crippen LogP contribution >= 0.6 is 11.5 Å². The van der Waals surface area contributed by atoms with Gasteiger partial charge in [0.15, 0.2) is 5.82 Å². The van der Waals surface area contributed by atoms with Gasteiger partial charge in [0.25, 0.3) is 5.91 Å². The molecule has 0 aromatic carbocycles. The zero-order valence-corrected chi connectivity index (χ0v) is 16.3. The number of amides is 1. The minimum Gasteiger partial charge on any atom is -0.368 e. The van der Waals surface area contributed by atoms with E-state index in [1.54, 1.807) is 24.8 Å². The van der Waals surface area contributed by atoms with Crippen molar-refractivity contribution in [2.45, 2.75) is 19.4 Å². The molecule has 0 unspecified atom stereocenters. The Kier molecular flexibility index (Phi) is 5.27. The molecule has 3 aromatic rings. The van der Waals surface area contributed by atoms with E-state index in [9.17, 15) is 4.79 Å². The number of rotatable bonds is 4. The number of nitrogens with one attached hydrogen (secondary N) is 1.